The smallest absolute Gasteiger partial charge is 0.251 e. The summed E-state index contributed by atoms with van der Waals surface area (Å²) in [6, 6.07) is 21.8. The van der Waals surface area contributed by atoms with Crippen molar-refractivity contribution in [3.8, 4) is 0 Å². The Morgan fingerprint density at radius 2 is 1.52 bits per heavy atom. The molecule has 3 aromatic rings. The maximum absolute atomic E-state index is 12.8. The van der Waals surface area contributed by atoms with Crippen LogP contribution >= 0.6 is 0 Å². The quantitative estimate of drug-likeness (QED) is 0.626. The SMILES string of the molecule is Cc1ccccc1CNC(=O)c1ccc(C)c(S(=O)(=O)NCc2ccccc2)c1. The Morgan fingerprint density at radius 1 is 0.828 bits per heavy atom. The summed E-state index contributed by atoms with van der Waals surface area (Å²) in [5.41, 5.74) is 3.86. The van der Waals surface area contributed by atoms with Gasteiger partial charge in [-0.15, -0.1) is 0 Å². The molecule has 2 N–H and O–H groups in total. The Hall–Kier alpha value is -2.96. The summed E-state index contributed by atoms with van der Waals surface area (Å²) in [7, 11) is -3.75. The molecule has 0 bridgehead atoms. The summed E-state index contributed by atoms with van der Waals surface area (Å²) in [4.78, 5) is 12.7. The number of carbonyl (C=O) groups excluding carboxylic acids is 1. The fraction of sp³-hybridized carbons (Fsp3) is 0.174. The van der Waals surface area contributed by atoms with Gasteiger partial charge in [0, 0.05) is 18.7 Å². The second-order valence-electron chi connectivity index (χ2n) is 6.90. The summed E-state index contributed by atoms with van der Waals surface area (Å²) < 4.78 is 28.2. The Balaban J connectivity index is 1.74. The lowest BCUT2D eigenvalue weighted by Gasteiger charge is -2.12. The average molecular weight is 409 g/mol. The summed E-state index contributed by atoms with van der Waals surface area (Å²) in [5, 5.41) is 2.86. The predicted octanol–water partition coefficient (Wildman–Crippen LogP) is 3.71. The lowest BCUT2D eigenvalue weighted by molar-refractivity contribution is 0.0950. The van der Waals surface area contributed by atoms with E-state index in [-0.39, 0.29) is 17.3 Å². The van der Waals surface area contributed by atoms with Gasteiger partial charge in [0.25, 0.3) is 5.91 Å². The molecule has 6 heteroatoms. The van der Waals surface area contributed by atoms with E-state index < -0.39 is 10.0 Å². The van der Waals surface area contributed by atoms with Crippen molar-refractivity contribution in [3.63, 3.8) is 0 Å². The summed E-state index contributed by atoms with van der Waals surface area (Å²) in [6.07, 6.45) is 0. The molecule has 0 unspecified atom stereocenters. The van der Waals surface area contributed by atoms with E-state index in [2.05, 4.69) is 10.0 Å². The van der Waals surface area contributed by atoms with Crippen LogP contribution in [0.3, 0.4) is 0 Å². The Kier molecular flexibility index (Phi) is 6.46. The van der Waals surface area contributed by atoms with E-state index >= 15 is 0 Å². The monoisotopic (exact) mass is 408 g/mol. The molecule has 0 radical (unpaired) electrons. The number of nitrogens with one attached hydrogen (secondary N) is 2. The van der Waals surface area contributed by atoms with Gasteiger partial charge in [-0.1, -0.05) is 60.7 Å². The average Bonchev–Trinajstić information content (AvgIpc) is 2.72. The van der Waals surface area contributed by atoms with E-state index in [1.807, 2.05) is 61.5 Å². The van der Waals surface area contributed by atoms with Crippen molar-refractivity contribution in [1.82, 2.24) is 10.0 Å². The number of aryl methyl sites for hydroxylation is 2. The number of hydrogen-bond acceptors (Lipinski definition) is 3. The fourth-order valence-corrected chi connectivity index (χ4v) is 4.26. The molecule has 0 saturated carbocycles. The van der Waals surface area contributed by atoms with Crippen LogP contribution in [0.15, 0.2) is 77.7 Å². The molecule has 0 fully saturated rings. The molecule has 5 nitrogen and oxygen atoms in total. The zero-order valence-corrected chi connectivity index (χ0v) is 17.3. The van der Waals surface area contributed by atoms with Crippen molar-refractivity contribution in [3.05, 3.63) is 101 Å². The van der Waals surface area contributed by atoms with Crippen molar-refractivity contribution < 1.29 is 13.2 Å². The van der Waals surface area contributed by atoms with Gasteiger partial charge >= 0.3 is 0 Å². The minimum Gasteiger partial charge on any atom is -0.348 e. The van der Waals surface area contributed by atoms with E-state index in [4.69, 9.17) is 0 Å². The number of amides is 1. The van der Waals surface area contributed by atoms with Gasteiger partial charge in [-0.2, -0.15) is 0 Å². The van der Waals surface area contributed by atoms with Crippen molar-refractivity contribution >= 4 is 15.9 Å². The van der Waals surface area contributed by atoms with Crippen LogP contribution in [0.2, 0.25) is 0 Å². The van der Waals surface area contributed by atoms with Gasteiger partial charge in [-0.25, -0.2) is 13.1 Å². The van der Waals surface area contributed by atoms with Crippen LogP contribution in [0, 0.1) is 13.8 Å². The first-order valence-corrected chi connectivity index (χ1v) is 10.8. The second kappa shape index (κ2) is 9.03. The minimum absolute atomic E-state index is 0.108. The molecule has 3 aromatic carbocycles. The third kappa shape index (κ3) is 5.31. The normalized spacial score (nSPS) is 11.2. The van der Waals surface area contributed by atoms with Crippen LogP contribution in [0.4, 0.5) is 0 Å². The van der Waals surface area contributed by atoms with Gasteiger partial charge in [0.1, 0.15) is 0 Å². The number of carbonyl (C=O) groups is 1. The molecule has 0 aliphatic carbocycles. The van der Waals surface area contributed by atoms with Crippen LogP contribution < -0.4 is 10.0 Å². The number of rotatable bonds is 7. The maximum Gasteiger partial charge on any atom is 0.251 e. The third-order valence-electron chi connectivity index (χ3n) is 4.75. The maximum atomic E-state index is 12.8. The van der Waals surface area contributed by atoms with Gasteiger partial charge in [0.2, 0.25) is 10.0 Å². The summed E-state index contributed by atoms with van der Waals surface area (Å²) in [5.74, 6) is -0.312. The summed E-state index contributed by atoms with van der Waals surface area (Å²) in [6.45, 7) is 4.27. The molecule has 0 atom stereocenters. The number of hydrogen-bond donors (Lipinski definition) is 2. The van der Waals surface area contributed by atoms with Crippen LogP contribution in [-0.2, 0) is 23.1 Å². The first-order chi connectivity index (χ1) is 13.9. The molecule has 0 heterocycles. The highest BCUT2D eigenvalue weighted by Gasteiger charge is 2.19. The first-order valence-electron chi connectivity index (χ1n) is 9.34. The minimum atomic E-state index is -3.75. The topological polar surface area (TPSA) is 75.3 Å². The lowest BCUT2D eigenvalue weighted by atomic mass is 10.1. The predicted molar refractivity (Wildman–Crippen MR) is 114 cm³/mol. The van der Waals surface area contributed by atoms with E-state index in [0.717, 1.165) is 16.7 Å². The highest BCUT2D eigenvalue weighted by Crippen LogP contribution is 2.18. The highest BCUT2D eigenvalue weighted by molar-refractivity contribution is 7.89. The van der Waals surface area contributed by atoms with Gasteiger partial charge < -0.3 is 5.32 Å². The fourth-order valence-electron chi connectivity index (χ4n) is 2.97. The molecule has 1 amide bonds. The molecule has 0 saturated heterocycles. The molecule has 150 valence electrons. The van der Waals surface area contributed by atoms with Crippen LogP contribution in [0.1, 0.15) is 32.6 Å². The Bertz CT molecular complexity index is 1110. The highest BCUT2D eigenvalue weighted by atomic mass is 32.2. The van der Waals surface area contributed by atoms with Crippen molar-refractivity contribution in [2.45, 2.75) is 31.8 Å². The van der Waals surface area contributed by atoms with Gasteiger partial charge in [0.15, 0.2) is 0 Å². The second-order valence-corrected chi connectivity index (χ2v) is 8.63. The number of sulfonamides is 1. The van der Waals surface area contributed by atoms with Crippen LogP contribution in [0.25, 0.3) is 0 Å². The van der Waals surface area contributed by atoms with E-state index in [9.17, 15) is 13.2 Å². The lowest BCUT2D eigenvalue weighted by Crippen LogP contribution is -2.26. The zero-order chi connectivity index (χ0) is 20.9. The van der Waals surface area contributed by atoms with E-state index in [1.165, 1.54) is 6.07 Å². The molecular formula is C23H24N2O3S. The van der Waals surface area contributed by atoms with Crippen molar-refractivity contribution in [1.29, 1.82) is 0 Å². The largest absolute Gasteiger partial charge is 0.348 e. The van der Waals surface area contributed by atoms with Gasteiger partial charge in [-0.3, -0.25) is 4.79 Å². The Morgan fingerprint density at radius 3 is 2.24 bits per heavy atom. The van der Waals surface area contributed by atoms with Crippen molar-refractivity contribution in [2.24, 2.45) is 0 Å². The van der Waals surface area contributed by atoms with E-state index in [1.54, 1.807) is 19.1 Å². The molecular weight excluding hydrogens is 384 g/mol. The molecule has 0 aliphatic rings. The Labute approximate surface area is 171 Å². The van der Waals surface area contributed by atoms with Gasteiger partial charge in [0.05, 0.1) is 4.90 Å². The van der Waals surface area contributed by atoms with Crippen molar-refractivity contribution in [2.75, 3.05) is 0 Å². The number of benzene rings is 3. The third-order valence-corrected chi connectivity index (χ3v) is 6.29. The first kappa shape index (κ1) is 20.8. The van der Waals surface area contributed by atoms with E-state index in [0.29, 0.717) is 17.7 Å². The zero-order valence-electron chi connectivity index (χ0n) is 16.5. The van der Waals surface area contributed by atoms with Gasteiger partial charge in [-0.05, 0) is 48.2 Å². The van der Waals surface area contributed by atoms with Crippen LogP contribution in [-0.4, -0.2) is 14.3 Å². The molecule has 3 rings (SSSR count). The summed E-state index contributed by atoms with van der Waals surface area (Å²) >= 11 is 0. The molecule has 0 aliphatic heterocycles. The van der Waals surface area contributed by atoms with Crippen LogP contribution in [0.5, 0.6) is 0 Å². The molecule has 0 spiro atoms. The molecule has 29 heavy (non-hydrogen) atoms. The standard InChI is InChI=1S/C23H24N2O3S/c1-17-8-6-7-11-21(17)16-24-23(26)20-13-12-18(2)22(14-20)29(27,28)25-15-19-9-4-3-5-10-19/h3-14,25H,15-16H2,1-2H3,(H,24,26). The molecule has 0 aromatic heterocycles.